The van der Waals surface area contributed by atoms with Crippen molar-refractivity contribution in [3.8, 4) is 5.75 Å². The minimum atomic E-state index is -4.15. The highest BCUT2D eigenvalue weighted by atomic mass is 35.5. The number of rotatable bonds is 7. The fraction of sp³-hybridized carbons (Fsp3) is 0.590. The lowest BCUT2D eigenvalue weighted by Gasteiger charge is -2.42. The third-order valence-electron chi connectivity index (χ3n) is 11.6. The van der Waals surface area contributed by atoms with Crippen molar-refractivity contribution in [3.05, 3.63) is 70.0 Å². The maximum Gasteiger partial charge on any atom is 0.264 e. The number of ether oxygens (including phenoxy) is 3. The van der Waals surface area contributed by atoms with E-state index in [1.807, 2.05) is 17.0 Å². The summed E-state index contributed by atoms with van der Waals surface area (Å²) in [6.45, 7) is 6.12. The van der Waals surface area contributed by atoms with E-state index < -0.39 is 50.3 Å². The van der Waals surface area contributed by atoms with Crippen LogP contribution in [0.15, 0.2) is 48.3 Å². The number of allylic oxidation sites excluding steroid dienone is 1. The number of nitrogens with zero attached hydrogens (tertiary/aromatic N) is 3. The van der Waals surface area contributed by atoms with Gasteiger partial charge in [-0.3, -0.25) is 14.5 Å². The van der Waals surface area contributed by atoms with E-state index in [1.54, 1.807) is 44.2 Å². The molecule has 290 valence electrons. The molecule has 0 saturated carbocycles. The summed E-state index contributed by atoms with van der Waals surface area (Å²) in [6, 6.07) is 9.60. The number of hydrogen-bond acceptors (Lipinski definition) is 9. The van der Waals surface area contributed by atoms with Crippen LogP contribution in [0.3, 0.4) is 0 Å². The van der Waals surface area contributed by atoms with E-state index >= 15 is 4.39 Å². The van der Waals surface area contributed by atoms with E-state index in [2.05, 4.69) is 15.7 Å². The van der Waals surface area contributed by atoms with Crippen molar-refractivity contribution in [2.75, 3.05) is 71.7 Å². The molecule has 53 heavy (non-hydrogen) atoms. The minimum absolute atomic E-state index is 0.0504. The lowest BCUT2D eigenvalue weighted by atomic mass is 9.70. The summed E-state index contributed by atoms with van der Waals surface area (Å²) >= 11 is 6.45. The SMILES string of the molecule is COCCN(CCOC)C(=O)[C@H]1/C(F)=C/C[C@H](C)[C@@H](C)S(=O)(=O)NC(=O)c2ccc3c(c2)N(C[C@@H]2CCCN21)C[C@@]1(CCCc2cc(Cl)ccc21)CO3. The molecule has 3 aliphatic heterocycles. The van der Waals surface area contributed by atoms with Crippen LogP contribution in [-0.2, 0) is 36.1 Å². The Morgan fingerprint density at radius 1 is 1.11 bits per heavy atom. The molecule has 0 radical (unpaired) electrons. The van der Waals surface area contributed by atoms with Crippen LogP contribution >= 0.6 is 11.6 Å². The number of hydrogen-bond donors (Lipinski definition) is 1. The monoisotopic (exact) mass is 774 g/mol. The summed E-state index contributed by atoms with van der Waals surface area (Å²) < 4.78 is 63.4. The average molecular weight is 775 g/mol. The van der Waals surface area contributed by atoms with Gasteiger partial charge in [0.15, 0.2) is 0 Å². The van der Waals surface area contributed by atoms with E-state index in [1.165, 1.54) is 18.6 Å². The summed E-state index contributed by atoms with van der Waals surface area (Å²) in [5.41, 5.74) is 2.75. The molecule has 2 bridgehead atoms. The number of halogens is 2. The summed E-state index contributed by atoms with van der Waals surface area (Å²) in [5, 5.41) is -0.354. The molecule has 2 amide bonds. The van der Waals surface area contributed by atoms with E-state index in [9.17, 15) is 18.0 Å². The lowest BCUT2D eigenvalue weighted by Crippen LogP contribution is -2.55. The smallest absolute Gasteiger partial charge is 0.264 e. The van der Waals surface area contributed by atoms with Gasteiger partial charge in [-0.25, -0.2) is 17.5 Å². The fourth-order valence-corrected chi connectivity index (χ4v) is 9.90. The molecular weight excluding hydrogens is 723 g/mol. The van der Waals surface area contributed by atoms with Crippen LogP contribution in [0.5, 0.6) is 5.75 Å². The third kappa shape index (κ3) is 8.39. The molecule has 1 N–H and O–H groups in total. The van der Waals surface area contributed by atoms with Crippen LogP contribution in [0.1, 0.15) is 67.4 Å². The third-order valence-corrected chi connectivity index (χ3v) is 13.8. The maximum absolute atomic E-state index is 16.8. The molecule has 0 unspecified atom stereocenters. The Balaban J connectivity index is 1.47. The second-order valence-corrected chi connectivity index (χ2v) is 17.5. The zero-order valence-electron chi connectivity index (χ0n) is 31.1. The normalized spacial score (nSPS) is 28.5. The molecule has 2 aromatic rings. The van der Waals surface area contributed by atoms with Crippen molar-refractivity contribution in [1.29, 1.82) is 0 Å². The second-order valence-electron chi connectivity index (χ2n) is 15.0. The lowest BCUT2D eigenvalue weighted by molar-refractivity contribution is -0.137. The number of nitrogens with one attached hydrogen (secondary N) is 1. The molecule has 1 aliphatic carbocycles. The summed E-state index contributed by atoms with van der Waals surface area (Å²) in [5.74, 6) is -1.75. The Bertz CT molecular complexity index is 1800. The number of aryl methyl sites for hydroxylation is 1. The van der Waals surface area contributed by atoms with Crippen molar-refractivity contribution < 1.29 is 36.6 Å². The highest BCUT2D eigenvalue weighted by Crippen LogP contribution is 2.45. The number of carbonyl (C=O) groups is 2. The molecule has 3 heterocycles. The van der Waals surface area contributed by atoms with Gasteiger partial charge in [-0.1, -0.05) is 30.7 Å². The van der Waals surface area contributed by atoms with Gasteiger partial charge in [0.25, 0.3) is 5.91 Å². The van der Waals surface area contributed by atoms with Crippen molar-refractivity contribution in [2.45, 2.75) is 75.1 Å². The molecule has 2 aromatic carbocycles. The van der Waals surface area contributed by atoms with Crippen LogP contribution in [0.25, 0.3) is 0 Å². The van der Waals surface area contributed by atoms with Gasteiger partial charge < -0.3 is 24.0 Å². The van der Waals surface area contributed by atoms with Crippen molar-refractivity contribution in [2.24, 2.45) is 5.92 Å². The Morgan fingerprint density at radius 2 is 1.87 bits per heavy atom. The first-order chi connectivity index (χ1) is 25.4. The van der Waals surface area contributed by atoms with Gasteiger partial charge in [0.1, 0.15) is 17.6 Å². The highest BCUT2D eigenvalue weighted by molar-refractivity contribution is 7.90. The molecule has 6 rings (SSSR count). The van der Waals surface area contributed by atoms with Crippen molar-refractivity contribution >= 4 is 39.1 Å². The molecule has 4 aliphatic rings. The van der Waals surface area contributed by atoms with Crippen molar-refractivity contribution in [3.63, 3.8) is 0 Å². The minimum Gasteiger partial charge on any atom is -0.490 e. The first kappa shape index (κ1) is 39.5. The summed E-state index contributed by atoms with van der Waals surface area (Å²) in [6.07, 6.45) is 5.58. The number of carbonyl (C=O) groups excluding carboxylic acids is 2. The van der Waals surface area contributed by atoms with Gasteiger partial charge in [-0.05, 0) is 99.4 Å². The standard InChI is InChI=1S/C39H52ClFN4O7S/c1-26-9-13-33(41)36(38(47)43(17-19-50-3)18-20-51-4)45-16-6-8-31(45)23-44-24-39(15-5-7-28-21-30(40)11-12-32(28)39)25-52-35-14-10-29(22-34(35)44)37(46)42-53(48,49)27(26)2/h10-14,21-22,26-27,31,36H,5-9,15-20,23-25H2,1-4H3,(H,42,46)/b33-13-/t26-,27+,31-,36+,39-/m0/s1. The van der Waals surface area contributed by atoms with E-state index in [0.29, 0.717) is 42.7 Å². The van der Waals surface area contributed by atoms with Crippen LogP contribution in [0, 0.1) is 5.92 Å². The zero-order chi connectivity index (χ0) is 37.9. The maximum atomic E-state index is 16.8. The molecule has 11 nitrogen and oxygen atoms in total. The van der Waals surface area contributed by atoms with Crippen LogP contribution in [0.2, 0.25) is 5.02 Å². The van der Waals surface area contributed by atoms with E-state index in [0.717, 1.165) is 37.7 Å². The first-order valence-corrected chi connectivity index (χ1v) is 20.5. The Kier molecular flexibility index (Phi) is 12.4. The first-order valence-electron chi connectivity index (χ1n) is 18.6. The van der Waals surface area contributed by atoms with Crippen LogP contribution in [-0.4, -0.2) is 114 Å². The van der Waals surface area contributed by atoms with Gasteiger partial charge >= 0.3 is 0 Å². The molecule has 1 fully saturated rings. The largest absolute Gasteiger partial charge is 0.490 e. The fourth-order valence-electron chi connectivity index (χ4n) is 8.42. The van der Waals surface area contributed by atoms with Crippen molar-refractivity contribution in [1.82, 2.24) is 14.5 Å². The number of sulfonamides is 1. The average Bonchev–Trinajstić information content (AvgIpc) is 3.52. The molecule has 14 heteroatoms. The van der Waals surface area contributed by atoms with Gasteiger partial charge in [0.2, 0.25) is 15.9 Å². The molecule has 1 saturated heterocycles. The topological polar surface area (TPSA) is 118 Å². The molecule has 1 spiro atoms. The molecular formula is C39H52ClFN4O7S. The van der Waals surface area contributed by atoms with Gasteiger partial charge in [0, 0.05) is 62.4 Å². The number of benzene rings is 2. The highest BCUT2D eigenvalue weighted by Gasteiger charge is 2.45. The van der Waals surface area contributed by atoms with Crippen LogP contribution in [0.4, 0.5) is 10.1 Å². The molecule has 5 atom stereocenters. The van der Waals surface area contributed by atoms with Gasteiger partial charge in [-0.15, -0.1) is 0 Å². The summed E-state index contributed by atoms with van der Waals surface area (Å²) in [4.78, 5) is 33.9. The van der Waals surface area contributed by atoms with E-state index in [4.69, 9.17) is 25.8 Å². The second kappa shape index (κ2) is 16.6. The quantitative estimate of drug-likeness (QED) is 0.410. The summed E-state index contributed by atoms with van der Waals surface area (Å²) in [7, 11) is -1.04. The number of fused-ring (bicyclic) bond motifs is 4. The number of anilines is 1. The van der Waals surface area contributed by atoms with Gasteiger partial charge in [-0.2, -0.15) is 0 Å². The number of methoxy groups -OCH3 is 2. The molecule has 0 aromatic heterocycles. The Labute approximate surface area is 317 Å². The Hall–Kier alpha value is -3.23. The zero-order valence-corrected chi connectivity index (χ0v) is 32.7. The van der Waals surface area contributed by atoms with Gasteiger partial charge in [0.05, 0.1) is 30.8 Å². The predicted molar refractivity (Wildman–Crippen MR) is 203 cm³/mol. The number of amides is 2. The van der Waals surface area contributed by atoms with E-state index in [-0.39, 0.29) is 44.3 Å². The van der Waals surface area contributed by atoms with Crippen LogP contribution < -0.4 is 14.4 Å². The predicted octanol–water partition coefficient (Wildman–Crippen LogP) is 5.11. The Morgan fingerprint density at radius 3 is 2.60 bits per heavy atom.